The first-order valence-electron chi connectivity index (χ1n) is 34.8. The number of methoxy groups -OCH3 is 4. The predicted octanol–water partition coefficient (Wildman–Crippen LogP) is 12.2. The highest BCUT2D eigenvalue weighted by atomic mass is 32.2. The Morgan fingerprint density at radius 2 is 0.983 bits per heavy atom. The number of esters is 3. The number of fused-ring (bicyclic) bond motifs is 2. The zero-order valence-corrected chi connectivity index (χ0v) is 68.3. The van der Waals surface area contributed by atoms with Gasteiger partial charge < -0.3 is 80.2 Å². The molecule has 0 aliphatic carbocycles. The largest absolute Gasteiger partial charge is 0.493 e. The number of non-ortho nitro benzene ring substituents is 1. The van der Waals surface area contributed by atoms with Crippen LogP contribution in [0.3, 0.4) is 0 Å². The van der Waals surface area contributed by atoms with Crippen LogP contribution in [0.1, 0.15) is 112 Å². The van der Waals surface area contributed by atoms with Gasteiger partial charge in [-0.1, -0.05) is 49.4 Å². The highest BCUT2D eigenvalue weighted by molar-refractivity contribution is 7.92. The van der Waals surface area contributed by atoms with Crippen LogP contribution in [0.15, 0.2) is 107 Å². The number of carbonyl (C=O) groups excluding carboxylic acids is 7. The van der Waals surface area contributed by atoms with E-state index in [1.54, 1.807) is 101 Å². The average Bonchev–Trinajstić information content (AvgIpc) is 1.66. The summed E-state index contributed by atoms with van der Waals surface area (Å²) in [5, 5.41) is 65.4. The quantitative estimate of drug-likeness (QED) is 0.00520. The third kappa shape index (κ3) is 24.0. The Morgan fingerprint density at radius 1 is 0.552 bits per heavy atom. The van der Waals surface area contributed by atoms with Gasteiger partial charge in [-0.15, -0.1) is 56.7 Å². The van der Waals surface area contributed by atoms with Crippen LogP contribution in [0.25, 0.3) is 33.4 Å². The molecule has 0 spiro atoms. The van der Waals surface area contributed by atoms with Crippen molar-refractivity contribution in [3.8, 4) is 56.4 Å². The molecule has 616 valence electrons. The zero-order valence-electron chi connectivity index (χ0n) is 63.4. The van der Waals surface area contributed by atoms with Gasteiger partial charge in [0.15, 0.2) is 23.0 Å². The summed E-state index contributed by atoms with van der Waals surface area (Å²) in [5.74, 6) is -7.51. The lowest BCUT2D eigenvalue weighted by Gasteiger charge is -2.26. The normalized spacial score (nSPS) is 11.7. The maximum atomic E-state index is 12.5. The second kappa shape index (κ2) is 43.9. The third-order valence-electron chi connectivity index (χ3n) is 16.6. The van der Waals surface area contributed by atoms with Gasteiger partial charge in [-0.25, -0.2) is 42.0 Å². The van der Waals surface area contributed by atoms with Crippen LogP contribution in [0, 0.1) is 10.1 Å². The smallest absolute Gasteiger partial charge is 0.394 e. The molecule has 10 N–H and O–H groups in total. The van der Waals surface area contributed by atoms with E-state index in [9.17, 15) is 76.4 Å². The summed E-state index contributed by atoms with van der Waals surface area (Å²) in [6.07, 6.45) is 3.50. The maximum Gasteiger partial charge on any atom is 0.394 e. The van der Waals surface area contributed by atoms with E-state index in [0.717, 1.165) is 68.8 Å². The number of amides is 4. The number of nitro benzene ring substituents is 1. The number of nitrogens with one attached hydrogen (secondary N) is 6. The first kappa shape index (κ1) is 91.0. The number of hydrogen-bond donors (Lipinski definition) is 10. The molecule has 0 radical (unpaired) electrons. The topological polar surface area (TPSA) is 486 Å². The van der Waals surface area contributed by atoms with E-state index in [1.807, 2.05) is 24.3 Å². The summed E-state index contributed by atoms with van der Waals surface area (Å²) in [5.41, 5.74) is 7.22. The van der Waals surface area contributed by atoms with Gasteiger partial charge in [0.25, 0.3) is 5.69 Å². The lowest BCUT2D eigenvalue weighted by Crippen LogP contribution is -2.32. The first-order chi connectivity index (χ1) is 55.6. The molecule has 4 aromatic carbocycles. The summed E-state index contributed by atoms with van der Waals surface area (Å²) in [6, 6.07) is 26.5. The molecular formula is C76H80N8O26S6. The predicted molar refractivity (Wildman–Crippen MR) is 437 cm³/mol. The Bertz CT molecular complexity index is 5170. The third-order valence-corrected chi connectivity index (χ3v) is 23.2. The van der Waals surface area contributed by atoms with Gasteiger partial charge in [0.1, 0.15) is 41.7 Å². The molecule has 4 amide bonds. The van der Waals surface area contributed by atoms with Gasteiger partial charge in [-0.3, -0.25) is 38.9 Å². The number of aromatic carboxylic acids is 2. The highest BCUT2D eigenvalue weighted by Gasteiger charge is 2.32. The molecule has 5 aromatic heterocycles. The van der Waals surface area contributed by atoms with Crippen LogP contribution in [0.4, 0.5) is 30.7 Å². The summed E-state index contributed by atoms with van der Waals surface area (Å²) in [6.45, 7) is 10.9. The van der Waals surface area contributed by atoms with Gasteiger partial charge in [-0.2, -0.15) is 0 Å². The van der Waals surface area contributed by atoms with E-state index in [4.69, 9.17) is 48.5 Å². The number of nitro groups is 1. The van der Waals surface area contributed by atoms with Gasteiger partial charge in [0.2, 0.25) is 22.8 Å². The molecule has 0 saturated heterocycles. The Morgan fingerprint density at radius 3 is 1.41 bits per heavy atom. The van der Waals surface area contributed by atoms with Crippen molar-refractivity contribution in [2.75, 3.05) is 99.6 Å². The molecule has 9 aromatic rings. The van der Waals surface area contributed by atoms with Crippen molar-refractivity contribution in [2.24, 2.45) is 0 Å². The molecular weight excluding hydrogens is 1630 g/mol. The molecule has 116 heavy (non-hydrogen) atoms. The molecule has 2 aliphatic rings. The van der Waals surface area contributed by atoms with Gasteiger partial charge in [0.05, 0.1) is 70.1 Å². The Hall–Kier alpha value is -12.2. The van der Waals surface area contributed by atoms with Crippen LogP contribution in [-0.2, 0) is 85.4 Å². The number of carboxylic acids is 4. The van der Waals surface area contributed by atoms with Crippen LogP contribution < -0.4 is 50.3 Å². The molecule has 0 fully saturated rings. The van der Waals surface area contributed by atoms with E-state index in [0.29, 0.717) is 129 Å². The van der Waals surface area contributed by atoms with Gasteiger partial charge in [0, 0.05) is 80.9 Å². The Labute approximate surface area is 683 Å². The van der Waals surface area contributed by atoms with E-state index >= 15 is 0 Å². The van der Waals surface area contributed by atoms with Crippen LogP contribution in [0.5, 0.6) is 23.0 Å². The minimum Gasteiger partial charge on any atom is -0.493 e. The van der Waals surface area contributed by atoms with Crippen LogP contribution >= 0.6 is 56.7 Å². The summed E-state index contributed by atoms with van der Waals surface area (Å²) < 4.78 is 63.1. The van der Waals surface area contributed by atoms with Crippen molar-refractivity contribution in [3.05, 3.63) is 172 Å². The number of ether oxygens (including phenoxy) is 7. The second-order valence-corrected chi connectivity index (χ2v) is 30.5. The monoisotopic (exact) mass is 1710 g/mol. The molecule has 2 aliphatic heterocycles. The summed E-state index contributed by atoms with van der Waals surface area (Å²) in [7, 11) is 2.61. The number of hydrogen-bond acceptors (Lipinski definition) is 29. The number of nitrogens with zero attached hydrogens (tertiary/aromatic N) is 2. The minimum absolute atomic E-state index is 0.00565. The standard InChI is InChI=1S/C18H18N2O5S.C18H23NO6S2.C16H17NO5S.C14H12N2O5S.C10H10N2O5S/c21-15(18(24)25)19-16-14(17(22)23)12-7-9-20(10-13(12)26-16)8-6-11-4-2-1-3-5-11;1-5-9-27(21,22)19-17-16(18(20)25-6-2)13(11-26-17)12-7-8-14(23-3)15(10-12)24-4;1-4-22-16(19)14-11(8-23-15(14)17-9-18)10-5-6-12(20-2)13(7-10)21-3;1-2-21-14(18)12-11(7-22-13(12)15-8-17)9-3-5-10(6-4-9)16(19)20;13-7(10(16)17)12-8-6(9(14)15)4-1-2-11-3-5(4)18-8/h1-5H,6-10H2,(H,19,21)(H,22,23)(H,24,25);7-8,10-11,19H,5-6,9H2,1-4H3;5-9H,4H2,1-3H3,(H,17,18);3-8H,2H2,1H3,(H,15,17);11H,1-3H2,(H,12,13)(H,14,15)(H,16,17). The number of thiophene rings is 5. The van der Waals surface area contributed by atoms with E-state index in [2.05, 4.69) is 48.3 Å². The lowest BCUT2D eigenvalue weighted by molar-refractivity contribution is -0.384. The molecule has 0 unspecified atom stereocenters. The van der Waals surface area contributed by atoms with Gasteiger partial charge in [-0.05, 0) is 123 Å². The van der Waals surface area contributed by atoms with Crippen molar-refractivity contribution < 1.29 is 120 Å². The second-order valence-electron chi connectivity index (χ2n) is 23.8. The number of carboxylic acid groups (broad SMARTS) is 4. The van der Waals surface area contributed by atoms with Crippen LogP contribution in [0.2, 0.25) is 0 Å². The first-order valence-corrected chi connectivity index (χ1v) is 40.8. The fourth-order valence-electron chi connectivity index (χ4n) is 11.4. The molecule has 0 atom stereocenters. The van der Waals surface area contributed by atoms with Gasteiger partial charge >= 0.3 is 53.6 Å². The highest BCUT2D eigenvalue weighted by Crippen LogP contribution is 2.44. The number of sulfonamides is 1. The van der Waals surface area contributed by atoms with Crippen molar-refractivity contribution >= 4 is 164 Å². The Balaban J connectivity index is 0.000000202. The molecule has 34 nitrogen and oxygen atoms in total. The fourth-order valence-corrected chi connectivity index (χ4v) is 18.1. The fraction of sp³-hybridized carbons (Fsp3) is 0.276. The van der Waals surface area contributed by atoms with Crippen LogP contribution in [-0.4, -0.2) is 179 Å². The Kier molecular flexibility index (Phi) is 34.4. The molecule has 0 saturated carbocycles. The number of rotatable bonds is 29. The molecule has 7 heterocycles. The van der Waals surface area contributed by atoms with E-state index in [-0.39, 0.29) is 68.5 Å². The SMILES string of the molecule is CCCS(=O)(=O)Nc1scc(-c2ccc(OC)c(OC)c2)c1C(=O)OCC.CCOC(=O)c1c(-c2ccc(OC)c(OC)c2)csc1NC=O.CCOC(=O)c1c(-c2ccc([N+](=O)[O-])cc2)csc1NC=O.O=C(O)C(=O)Nc1sc2c(c1C(=O)O)CCN(CCc1ccccc1)C2.O=C(O)C(=O)Nc1sc2c(c1C(=O)O)CCNC2. The average molecular weight is 1710 g/mol. The summed E-state index contributed by atoms with van der Waals surface area (Å²) in [4.78, 5) is 139. The summed E-state index contributed by atoms with van der Waals surface area (Å²) >= 11 is 5.82. The maximum absolute atomic E-state index is 12.5. The van der Waals surface area contributed by atoms with E-state index < -0.39 is 68.5 Å². The zero-order chi connectivity index (χ0) is 84.9. The van der Waals surface area contributed by atoms with Crippen molar-refractivity contribution in [2.45, 2.75) is 66.5 Å². The van der Waals surface area contributed by atoms with Crippen molar-refractivity contribution in [3.63, 3.8) is 0 Å². The lowest BCUT2D eigenvalue weighted by atomic mass is 10.0. The molecule has 40 heteroatoms. The number of anilines is 5. The molecule has 0 bridgehead atoms. The number of carbonyl (C=O) groups is 11. The minimum atomic E-state index is -3.54. The number of aliphatic carboxylic acids is 2. The molecule has 11 rings (SSSR count). The van der Waals surface area contributed by atoms with E-state index in [1.165, 1.54) is 54.6 Å². The van der Waals surface area contributed by atoms with Crippen molar-refractivity contribution in [1.82, 2.24) is 10.2 Å². The number of benzene rings is 4. The van der Waals surface area contributed by atoms with Crippen molar-refractivity contribution in [1.29, 1.82) is 0 Å².